The molecule has 0 saturated carbocycles. The molecule has 0 fully saturated rings. The third kappa shape index (κ3) is 4.47. The van der Waals surface area contributed by atoms with E-state index in [-0.39, 0.29) is 0 Å². The van der Waals surface area contributed by atoms with E-state index in [0.717, 1.165) is 4.43 Å². The van der Waals surface area contributed by atoms with E-state index in [2.05, 4.69) is 28.7 Å². The van der Waals surface area contributed by atoms with E-state index in [4.69, 9.17) is 0 Å². The number of hydrogen-bond acceptors (Lipinski definition) is 0. The van der Waals surface area contributed by atoms with E-state index in [1.54, 1.807) is 0 Å². The zero-order valence-electron chi connectivity index (χ0n) is 3.16. The second kappa shape index (κ2) is 4.47. The predicted molar refractivity (Wildman–Crippen MR) is 32.4 cm³/mol. The van der Waals surface area contributed by atoms with E-state index in [0.29, 0.717) is 0 Å². The number of alkyl halides is 1. The van der Waals surface area contributed by atoms with Gasteiger partial charge in [0.1, 0.15) is 0 Å². The lowest BCUT2D eigenvalue weighted by Gasteiger charge is -1.62. The van der Waals surface area contributed by atoms with E-state index in [9.17, 15) is 0 Å². The maximum absolute atomic E-state index is 2.88. The van der Waals surface area contributed by atoms with Crippen molar-refractivity contribution in [1.29, 1.82) is 0 Å². The Labute approximate surface area is 46.4 Å². The molecule has 0 heterocycles. The van der Waals surface area contributed by atoms with Crippen molar-refractivity contribution in [2.75, 3.05) is 4.43 Å². The molecule has 29 valence electrons. The summed E-state index contributed by atoms with van der Waals surface area (Å²) in [5.74, 6) is 0. The van der Waals surface area contributed by atoms with Crippen LogP contribution in [0.4, 0.5) is 0 Å². The number of rotatable bonds is 1. The minimum absolute atomic E-state index is 1.08. The van der Waals surface area contributed by atoms with Gasteiger partial charge in [0.25, 0.3) is 0 Å². The number of halogens is 1. The van der Waals surface area contributed by atoms with Crippen LogP contribution < -0.4 is 0 Å². The molecule has 5 heavy (non-hydrogen) atoms. The van der Waals surface area contributed by atoms with E-state index in [1.165, 1.54) is 0 Å². The molecule has 0 aromatic rings. The molecule has 0 N–H and O–H groups in total. The summed E-state index contributed by atoms with van der Waals surface area (Å²) < 4.78 is 1.08. The third-order valence-corrected chi connectivity index (χ3v) is 0.722. The normalized spacial score (nSPS) is 10.0. The second-order valence-electron chi connectivity index (χ2n) is 0.647. The Hall–Kier alpha value is 0.470. The van der Waals surface area contributed by atoms with Crippen molar-refractivity contribution in [2.45, 2.75) is 6.92 Å². The minimum atomic E-state index is 1.08. The van der Waals surface area contributed by atoms with Crippen LogP contribution in [0, 0.1) is 6.08 Å². The molecule has 0 aliphatic rings. The Morgan fingerprint density at radius 2 is 2.60 bits per heavy atom. The van der Waals surface area contributed by atoms with Crippen LogP contribution in [-0.4, -0.2) is 4.43 Å². The van der Waals surface area contributed by atoms with Gasteiger partial charge in [0, 0.05) is 4.43 Å². The fourth-order valence-electron chi connectivity index (χ4n) is 0.0772. The van der Waals surface area contributed by atoms with Crippen LogP contribution in [0.25, 0.3) is 0 Å². The van der Waals surface area contributed by atoms with Gasteiger partial charge in [-0.05, 0) is 6.92 Å². The molecule has 0 spiro atoms. The van der Waals surface area contributed by atoms with Crippen molar-refractivity contribution in [3.8, 4) is 0 Å². The van der Waals surface area contributed by atoms with Crippen LogP contribution in [0.1, 0.15) is 6.92 Å². The van der Waals surface area contributed by atoms with E-state index >= 15 is 0 Å². The molecule has 0 rings (SSSR count). The second-order valence-corrected chi connectivity index (χ2v) is 1.53. The molecule has 1 heteroatoms. The summed E-state index contributed by atoms with van der Waals surface area (Å²) in [5, 5.41) is 0. The van der Waals surface area contributed by atoms with Gasteiger partial charge >= 0.3 is 0 Å². The maximum Gasteiger partial charge on any atom is 0.0181 e. The molecular formula is C4H6I. The Balaban J connectivity index is 2.62. The van der Waals surface area contributed by atoms with Gasteiger partial charge in [0.15, 0.2) is 0 Å². The standard InChI is InChI=1S/C4H6I/c1-2-3-4-5/h3H,4H2,1H3. The average Bonchev–Trinajstić information content (AvgIpc) is 1.41. The lowest BCUT2D eigenvalue weighted by Crippen LogP contribution is -1.50. The van der Waals surface area contributed by atoms with Gasteiger partial charge in [-0.25, -0.2) is 0 Å². The zero-order valence-corrected chi connectivity index (χ0v) is 5.32. The first kappa shape index (κ1) is 5.47. The number of allylic oxidation sites excluding steroid dienone is 2. The van der Waals surface area contributed by atoms with Crippen LogP contribution in [0.5, 0.6) is 0 Å². The van der Waals surface area contributed by atoms with Gasteiger partial charge in [-0.15, -0.1) is 0 Å². The lowest BCUT2D eigenvalue weighted by molar-refractivity contribution is 1.61. The molecule has 0 aromatic heterocycles. The van der Waals surface area contributed by atoms with Gasteiger partial charge in [0.2, 0.25) is 0 Å². The Morgan fingerprint density at radius 3 is 2.60 bits per heavy atom. The van der Waals surface area contributed by atoms with E-state index in [1.807, 2.05) is 13.0 Å². The monoisotopic (exact) mass is 181 g/mol. The van der Waals surface area contributed by atoms with Crippen LogP contribution in [0.3, 0.4) is 0 Å². The third-order valence-electron chi connectivity index (χ3n) is 0.281. The van der Waals surface area contributed by atoms with Crippen LogP contribution in [0.2, 0.25) is 0 Å². The minimum Gasteiger partial charge on any atom is -0.0818 e. The van der Waals surface area contributed by atoms with Crippen LogP contribution in [0.15, 0.2) is 6.08 Å². The Morgan fingerprint density at radius 1 is 2.00 bits per heavy atom. The SMILES string of the molecule is C/[C]=C/CI. The highest BCUT2D eigenvalue weighted by molar-refractivity contribution is 14.1. The molecular weight excluding hydrogens is 175 g/mol. The molecule has 0 atom stereocenters. The quantitative estimate of drug-likeness (QED) is 0.427. The van der Waals surface area contributed by atoms with Crippen molar-refractivity contribution < 1.29 is 0 Å². The Bertz CT molecular complexity index is 30.6. The molecule has 0 aliphatic heterocycles. The van der Waals surface area contributed by atoms with Gasteiger partial charge < -0.3 is 0 Å². The molecule has 0 saturated heterocycles. The molecule has 0 aromatic carbocycles. The van der Waals surface area contributed by atoms with Crippen molar-refractivity contribution in [2.24, 2.45) is 0 Å². The summed E-state index contributed by atoms with van der Waals surface area (Å²) in [6, 6.07) is 0. The molecule has 1 radical (unpaired) electrons. The summed E-state index contributed by atoms with van der Waals surface area (Å²) in [7, 11) is 0. The molecule has 0 nitrogen and oxygen atoms in total. The highest BCUT2D eigenvalue weighted by Crippen LogP contribution is 1.78. The fourth-order valence-corrected chi connectivity index (χ4v) is 0.518. The molecule has 0 aliphatic carbocycles. The summed E-state index contributed by atoms with van der Waals surface area (Å²) in [6.07, 6.45) is 4.87. The highest BCUT2D eigenvalue weighted by atomic mass is 127. The van der Waals surface area contributed by atoms with Crippen LogP contribution >= 0.6 is 22.6 Å². The zero-order chi connectivity index (χ0) is 4.12. The van der Waals surface area contributed by atoms with Crippen LogP contribution in [-0.2, 0) is 0 Å². The predicted octanol–water partition coefficient (Wildman–Crippen LogP) is 1.80. The molecule has 0 amide bonds. The van der Waals surface area contributed by atoms with Gasteiger partial charge in [0.05, 0.1) is 0 Å². The summed E-state index contributed by atoms with van der Waals surface area (Å²) in [5.41, 5.74) is 0. The fraction of sp³-hybridized carbons (Fsp3) is 0.500. The van der Waals surface area contributed by atoms with Gasteiger partial charge in [-0.3, -0.25) is 0 Å². The molecule has 0 unspecified atom stereocenters. The van der Waals surface area contributed by atoms with Crippen molar-refractivity contribution in [3.05, 3.63) is 12.2 Å². The molecule has 0 bridgehead atoms. The Kier molecular flexibility index (Phi) is 4.89. The summed E-state index contributed by atoms with van der Waals surface area (Å²) in [4.78, 5) is 0. The maximum atomic E-state index is 2.88. The highest BCUT2D eigenvalue weighted by Gasteiger charge is 1.55. The van der Waals surface area contributed by atoms with E-state index < -0.39 is 0 Å². The first-order chi connectivity index (χ1) is 2.41. The van der Waals surface area contributed by atoms with Crippen molar-refractivity contribution in [1.82, 2.24) is 0 Å². The smallest absolute Gasteiger partial charge is 0.0181 e. The lowest BCUT2D eigenvalue weighted by atomic mass is 10.6. The largest absolute Gasteiger partial charge is 0.0818 e. The number of hydrogen-bond donors (Lipinski definition) is 0. The van der Waals surface area contributed by atoms with Crippen molar-refractivity contribution in [3.63, 3.8) is 0 Å². The average molecular weight is 181 g/mol. The topological polar surface area (TPSA) is 0 Å². The van der Waals surface area contributed by atoms with Crippen molar-refractivity contribution >= 4 is 22.6 Å². The first-order valence-corrected chi connectivity index (χ1v) is 2.99. The summed E-state index contributed by atoms with van der Waals surface area (Å²) in [6.45, 7) is 1.90. The summed E-state index contributed by atoms with van der Waals surface area (Å²) >= 11 is 2.27. The van der Waals surface area contributed by atoms with Gasteiger partial charge in [-0.1, -0.05) is 34.7 Å². The first-order valence-electron chi connectivity index (χ1n) is 1.46. The van der Waals surface area contributed by atoms with Gasteiger partial charge in [-0.2, -0.15) is 0 Å².